The van der Waals surface area contributed by atoms with Gasteiger partial charge in [0, 0.05) is 64.1 Å². The number of nitrogens with one attached hydrogen (secondary N) is 2. The smallest absolute Gasteiger partial charge is 0.350 e. The Kier molecular flexibility index (Phi) is 11.1. The number of carbonyl (C=O) groups is 2. The zero-order valence-corrected chi connectivity index (χ0v) is 30.4. The zero-order chi connectivity index (χ0) is 33.9. The fourth-order valence-electron chi connectivity index (χ4n) is 7.01. The zero-order valence-electron chi connectivity index (χ0n) is 28.1. The Morgan fingerprint density at radius 3 is 2.48 bits per heavy atom. The molecule has 3 saturated heterocycles. The van der Waals surface area contributed by atoms with Gasteiger partial charge in [-0.1, -0.05) is 41.5 Å². The van der Waals surface area contributed by atoms with Gasteiger partial charge in [-0.2, -0.15) is 0 Å². The van der Waals surface area contributed by atoms with E-state index < -0.39 is 5.97 Å². The molecule has 48 heavy (non-hydrogen) atoms. The number of hydrogen-bond acceptors (Lipinski definition) is 11. The number of hydrogen-bond donors (Lipinski definition) is 2. The first-order valence-electron chi connectivity index (χ1n) is 16.9. The average molecular weight is 719 g/mol. The molecule has 0 spiro atoms. The molecule has 12 nitrogen and oxygen atoms in total. The van der Waals surface area contributed by atoms with Crippen LogP contribution >= 0.6 is 34.5 Å². The summed E-state index contributed by atoms with van der Waals surface area (Å²) in [6.07, 6.45) is 6.81. The summed E-state index contributed by atoms with van der Waals surface area (Å²) in [5.41, 5.74) is 1.94. The second-order valence-electron chi connectivity index (χ2n) is 13.3. The predicted octanol–water partition coefficient (Wildman–Crippen LogP) is 4.83. The molecule has 3 aromatic heterocycles. The van der Waals surface area contributed by atoms with Gasteiger partial charge in [0.15, 0.2) is 5.13 Å². The highest BCUT2D eigenvalue weighted by Gasteiger charge is 2.32. The fraction of sp³-hybridized carbons (Fsp3) is 0.606. The Bertz CT molecular complexity index is 1590. The number of likely N-dealkylation sites (tertiary alicyclic amines) is 1. The molecule has 15 heteroatoms. The maximum Gasteiger partial charge on any atom is 0.350 e. The number of H-pyrrole nitrogens is 1. The number of rotatable bonds is 9. The molecule has 3 aliphatic heterocycles. The van der Waals surface area contributed by atoms with Gasteiger partial charge >= 0.3 is 5.97 Å². The third-order valence-corrected chi connectivity index (χ3v) is 11.7. The number of aromatic nitrogens is 4. The lowest BCUT2D eigenvalue weighted by atomic mass is 9.94. The largest absolute Gasteiger partial charge is 0.462 e. The molecule has 0 aliphatic carbocycles. The summed E-state index contributed by atoms with van der Waals surface area (Å²) in [6.45, 7) is 14.6. The number of piperidine rings is 2. The first-order chi connectivity index (χ1) is 23.1. The summed E-state index contributed by atoms with van der Waals surface area (Å²) in [6, 6.07) is -0.0644. The van der Waals surface area contributed by atoms with Gasteiger partial charge in [0.1, 0.15) is 27.8 Å². The standard InChI is InChI=1S/C33H45Cl2N9O3S/c1-5-47-32(46)30-28(24-15-37-25(16-36-24)43-13-11-42(12-14-43)19-22-7-6-9-41(4)18-22)40-33(48-30)44-10-8-23(20(2)17-44)39-31(45)29-27(35)26(34)21(3)38-29/h15-16,20,22-23,38H,5-14,17-19H2,1-4H3,(H,39,45)/t20-,22?,23+/m0/s1. The summed E-state index contributed by atoms with van der Waals surface area (Å²) in [4.78, 5) is 53.3. The second kappa shape index (κ2) is 15.3. The van der Waals surface area contributed by atoms with Gasteiger partial charge in [-0.15, -0.1) is 0 Å². The number of ether oxygens (including phenoxy) is 1. The van der Waals surface area contributed by atoms with Crippen molar-refractivity contribution in [3.8, 4) is 11.4 Å². The number of anilines is 2. The third-order valence-electron chi connectivity index (χ3n) is 9.67. The van der Waals surface area contributed by atoms with Crippen molar-refractivity contribution in [2.75, 3.05) is 82.4 Å². The summed E-state index contributed by atoms with van der Waals surface area (Å²) in [5.74, 6) is 0.988. The van der Waals surface area contributed by atoms with E-state index in [0.717, 1.165) is 44.5 Å². The fourth-order valence-corrected chi connectivity index (χ4v) is 8.43. The van der Waals surface area contributed by atoms with Crippen molar-refractivity contribution in [3.63, 3.8) is 0 Å². The Balaban J connectivity index is 1.10. The number of aromatic amines is 1. The minimum Gasteiger partial charge on any atom is -0.462 e. The van der Waals surface area contributed by atoms with E-state index in [0.29, 0.717) is 51.6 Å². The molecule has 3 aliphatic rings. The van der Waals surface area contributed by atoms with Gasteiger partial charge in [0.05, 0.1) is 29.0 Å². The molecule has 260 valence electrons. The van der Waals surface area contributed by atoms with E-state index in [9.17, 15) is 9.59 Å². The predicted molar refractivity (Wildman–Crippen MR) is 191 cm³/mol. The molecule has 6 heterocycles. The molecule has 3 atom stereocenters. The van der Waals surface area contributed by atoms with Crippen LogP contribution in [0.4, 0.5) is 10.9 Å². The Labute approximate surface area is 296 Å². The molecular weight excluding hydrogens is 673 g/mol. The van der Waals surface area contributed by atoms with Gasteiger partial charge in [-0.3, -0.25) is 9.69 Å². The van der Waals surface area contributed by atoms with Crippen LogP contribution in [0.1, 0.15) is 59.0 Å². The maximum atomic E-state index is 13.1. The minimum atomic E-state index is -0.422. The Morgan fingerprint density at radius 1 is 1.04 bits per heavy atom. The number of carbonyl (C=O) groups excluding carboxylic acids is 2. The lowest BCUT2D eigenvalue weighted by molar-refractivity contribution is 0.0532. The van der Waals surface area contributed by atoms with Gasteiger partial charge in [-0.05, 0) is 58.5 Å². The number of nitrogens with zero attached hydrogens (tertiary/aromatic N) is 7. The van der Waals surface area contributed by atoms with Crippen LogP contribution in [-0.4, -0.2) is 120 Å². The van der Waals surface area contributed by atoms with E-state index in [1.165, 1.54) is 37.3 Å². The lowest BCUT2D eigenvalue weighted by Gasteiger charge is -2.38. The molecule has 0 radical (unpaired) electrons. The van der Waals surface area contributed by atoms with Gasteiger partial charge in [0.2, 0.25) is 0 Å². The number of esters is 1. The van der Waals surface area contributed by atoms with Crippen LogP contribution in [0.3, 0.4) is 0 Å². The van der Waals surface area contributed by atoms with Gasteiger partial charge in [-0.25, -0.2) is 19.7 Å². The number of piperazine rings is 1. The first kappa shape index (κ1) is 34.9. The van der Waals surface area contributed by atoms with Crippen LogP contribution in [0.2, 0.25) is 10.0 Å². The van der Waals surface area contributed by atoms with Crippen LogP contribution in [0, 0.1) is 18.8 Å². The molecule has 1 amide bonds. The van der Waals surface area contributed by atoms with E-state index in [-0.39, 0.29) is 35.2 Å². The van der Waals surface area contributed by atoms with Crippen LogP contribution in [0.25, 0.3) is 11.4 Å². The highest BCUT2D eigenvalue weighted by molar-refractivity contribution is 7.17. The van der Waals surface area contributed by atoms with Crippen molar-refractivity contribution in [2.45, 2.75) is 46.1 Å². The molecule has 2 N–H and O–H groups in total. The molecule has 6 rings (SSSR count). The van der Waals surface area contributed by atoms with E-state index in [1.54, 1.807) is 26.2 Å². The molecule has 3 fully saturated rings. The quantitative estimate of drug-likeness (QED) is 0.298. The molecule has 0 aromatic carbocycles. The SMILES string of the molecule is CCOC(=O)c1sc(N2CC[C@@H](NC(=O)c3[nH]c(C)c(Cl)c3Cl)[C@@H](C)C2)nc1-c1cnc(N2CCN(CC3CCCN(C)C3)CC2)cn1. The second-order valence-corrected chi connectivity index (χ2v) is 15.0. The van der Waals surface area contributed by atoms with Crippen molar-refractivity contribution < 1.29 is 14.3 Å². The number of aryl methyl sites for hydroxylation is 1. The average Bonchev–Trinajstić information content (AvgIpc) is 3.64. The van der Waals surface area contributed by atoms with Crippen LogP contribution < -0.4 is 15.1 Å². The first-order valence-corrected chi connectivity index (χ1v) is 18.4. The Hall–Kier alpha value is -2.97. The highest BCUT2D eigenvalue weighted by Crippen LogP contribution is 2.36. The van der Waals surface area contributed by atoms with Crippen LogP contribution in [0.15, 0.2) is 12.4 Å². The van der Waals surface area contributed by atoms with Crippen LogP contribution in [0.5, 0.6) is 0 Å². The van der Waals surface area contributed by atoms with E-state index in [4.69, 9.17) is 42.9 Å². The van der Waals surface area contributed by atoms with Crippen molar-refractivity contribution in [1.29, 1.82) is 0 Å². The molecule has 1 unspecified atom stereocenters. The maximum absolute atomic E-state index is 13.1. The topological polar surface area (TPSA) is 123 Å². The molecule has 0 saturated carbocycles. The monoisotopic (exact) mass is 717 g/mol. The van der Waals surface area contributed by atoms with Gasteiger partial charge in [0.25, 0.3) is 5.91 Å². The molecule has 0 bridgehead atoms. The van der Waals surface area contributed by atoms with E-state index in [1.807, 2.05) is 0 Å². The number of amides is 1. The minimum absolute atomic E-state index is 0.0644. The van der Waals surface area contributed by atoms with Gasteiger partial charge < -0.3 is 29.7 Å². The van der Waals surface area contributed by atoms with Crippen LogP contribution in [-0.2, 0) is 4.74 Å². The normalized spacial score (nSPS) is 22.6. The third kappa shape index (κ3) is 7.75. The van der Waals surface area contributed by atoms with Crippen molar-refractivity contribution >= 4 is 57.4 Å². The lowest BCUT2D eigenvalue weighted by Crippen LogP contribution is -2.50. The van der Waals surface area contributed by atoms with Crippen molar-refractivity contribution in [1.82, 2.24) is 35.1 Å². The molecule has 3 aromatic rings. The number of halogens is 2. The Morgan fingerprint density at radius 2 is 1.83 bits per heavy atom. The summed E-state index contributed by atoms with van der Waals surface area (Å²) in [7, 11) is 2.22. The van der Waals surface area contributed by atoms with Crippen molar-refractivity contribution in [3.05, 3.63) is 38.7 Å². The van der Waals surface area contributed by atoms with E-state index >= 15 is 0 Å². The summed E-state index contributed by atoms with van der Waals surface area (Å²) < 4.78 is 5.40. The highest BCUT2D eigenvalue weighted by atomic mass is 35.5. The van der Waals surface area contributed by atoms with E-state index in [2.05, 4.69) is 43.9 Å². The van der Waals surface area contributed by atoms with Crippen molar-refractivity contribution in [2.24, 2.45) is 11.8 Å². The summed E-state index contributed by atoms with van der Waals surface area (Å²) in [5, 5.41) is 4.42. The number of thiazole rings is 1. The summed E-state index contributed by atoms with van der Waals surface area (Å²) >= 11 is 13.8. The molecular formula is C33H45Cl2N9O3S.